The number of amides is 1. The molecule has 1 atom stereocenters. The Morgan fingerprint density at radius 3 is 3.23 bits per heavy atom. The molecule has 0 aromatic heterocycles. The molecular weight excluding hydrogens is 166 g/mol. The van der Waals surface area contributed by atoms with Crippen LogP contribution in [-0.4, -0.2) is 29.2 Å². The molecule has 0 aromatic rings. The second-order valence-electron chi connectivity index (χ2n) is 3.60. The van der Waals surface area contributed by atoms with Gasteiger partial charge in [-0.2, -0.15) is 0 Å². The first-order chi connectivity index (χ1) is 6.27. The van der Waals surface area contributed by atoms with E-state index in [1.54, 1.807) is 0 Å². The van der Waals surface area contributed by atoms with Gasteiger partial charge in [0.15, 0.2) is 0 Å². The highest BCUT2D eigenvalue weighted by Gasteiger charge is 2.26. The zero-order valence-electron chi connectivity index (χ0n) is 7.44. The van der Waals surface area contributed by atoms with E-state index in [1.807, 2.05) is 6.08 Å². The van der Waals surface area contributed by atoms with Crippen molar-refractivity contribution >= 4 is 6.09 Å². The van der Waals surface area contributed by atoms with Crippen LogP contribution in [0.25, 0.3) is 0 Å². The zero-order valence-corrected chi connectivity index (χ0v) is 7.44. The highest BCUT2D eigenvalue weighted by Crippen LogP contribution is 2.28. The molecule has 0 saturated carbocycles. The van der Waals surface area contributed by atoms with Crippen molar-refractivity contribution in [3.05, 3.63) is 23.8 Å². The Labute approximate surface area is 77.3 Å². The van der Waals surface area contributed by atoms with Crippen molar-refractivity contribution in [2.45, 2.75) is 12.8 Å². The van der Waals surface area contributed by atoms with Gasteiger partial charge in [-0.3, -0.25) is 0 Å². The second kappa shape index (κ2) is 3.24. The first-order valence-corrected chi connectivity index (χ1v) is 4.61. The molecule has 0 aromatic carbocycles. The summed E-state index contributed by atoms with van der Waals surface area (Å²) < 4.78 is 0. The van der Waals surface area contributed by atoms with E-state index in [9.17, 15) is 4.79 Å². The van der Waals surface area contributed by atoms with E-state index in [0.717, 1.165) is 12.8 Å². The molecule has 1 aliphatic carbocycles. The van der Waals surface area contributed by atoms with Gasteiger partial charge < -0.3 is 10.0 Å². The number of carbonyl (C=O) groups is 1. The van der Waals surface area contributed by atoms with E-state index in [0.29, 0.717) is 19.0 Å². The zero-order chi connectivity index (χ0) is 9.26. The fourth-order valence-corrected chi connectivity index (χ4v) is 1.98. The third kappa shape index (κ3) is 1.59. The van der Waals surface area contributed by atoms with Gasteiger partial charge in [-0.15, -0.1) is 0 Å². The summed E-state index contributed by atoms with van der Waals surface area (Å²) in [5.74, 6) is 0.598. The minimum Gasteiger partial charge on any atom is -0.465 e. The van der Waals surface area contributed by atoms with Crippen LogP contribution in [0.4, 0.5) is 4.79 Å². The second-order valence-corrected chi connectivity index (χ2v) is 3.60. The van der Waals surface area contributed by atoms with E-state index < -0.39 is 6.09 Å². The number of rotatable bonds is 0. The van der Waals surface area contributed by atoms with Crippen molar-refractivity contribution < 1.29 is 9.90 Å². The molecule has 2 aliphatic rings. The van der Waals surface area contributed by atoms with Gasteiger partial charge in [-0.25, -0.2) is 4.79 Å². The number of likely N-dealkylation sites (tertiary alicyclic amines) is 1. The van der Waals surface area contributed by atoms with Crippen LogP contribution in [0.15, 0.2) is 23.8 Å². The van der Waals surface area contributed by atoms with Crippen molar-refractivity contribution in [2.75, 3.05) is 13.1 Å². The molecular formula is C10H13NO2. The molecule has 1 saturated heterocycles. The lowest BCUT2D eigenvalue weighted by Crippen LogP contribution is -2.39. The predicted molar refractivity (Wildman–Crippen MR) is 49.5 cm³/mol. The van der Waals surface area contributed by atoms with Gasteiger partial charge in [-0.05, 0) is 24.3 Å². The highest BCUT2D eigenvalue weighted by atomic mass is 16.4. The van der Waals surface area contributed by atoms with Crippen molar-refractivity contribution in [2.24, 2.45) is 5.92 Å². The molecule has 0 bridgehead atoms. The summed E-state index contributed by atoms with van der Waals surface area (Å²) in [7, 11) is 0. The molecule has 1 heterocycles. The van der Waals surface area contributed by atoms with E-state index in [-0.39, 0.29) is 0 Å². The summed E-state index contributed by atoms with van der Waals surface area (Å²) >= 11 is 0. The van der Waals surface area contributed by atoms with Gasteiger partial charge in [-0.1, -0.05) is 18.2 Å². The van der Waals surface area contributed by atoms with Crippen LogP contribution in [0.3, 0.4) is 0 Å². The summed E-state index contributed by atoms with van der Waals surface area (Å²) in [5, 5.41) is 8.81. The molecule has 1 N–H and O–H groups in total. The number of hydrogen-bond acceptors (Lipinski definition) is 1. The molecule has 2 rings (SSSR count). The quantitative estimate of drug-likeness (QED) is 0.616. The summed E-state index contributed by atoms with van der Waals surface area (Å²) in [4.78, 5) is 12.2. The van der Waals surface area contributed by atoms with Crippen LogP contribution in [-0.2, 0) is 0 Å². The fraction of sp³-hybridized carbons (Fsp3) is 0.500. The summed E-state index contributed by atoms with van der Waals surface area (Å²) in [6.45, 7) is 1.29. The average Bonchev–Trinajstić information content (AvgIpc) is 2.17. The lowest BCUT2D eigenvalue weighted by molar-refractivity contribution is 0.138. The molecule has 70 valence electrons. The normalized spacial score (nSPS) is 26.6. The van der Waals surface area contributed by atoms with Crippen LogP contribution in [0.2, 0.25) is 0 Å². The number of piperidine rings is 1. The van der Waals surface area contributed by atoms with Crippen LogP contribution < -0.4 is 0 Å². The molecule has 1 fully saturated rings. The van der Waals surface area contributed by atoms with Crippen LogP contribution in [0.1, 0.15) is 12.8 Å². The van der Waals surface area contributed by atoms with E-state index in [1.165, 1.54) is 10.5 Å². The Morgan fingerprint density at radius 1 is 1.62 bits per heavy atom. The Bertz CT molecular complexity index is 281. The van der Waals surface area contributed by atoms with E-state index in [4.69, 9.17) is 5.11 Å². The van der Waals surface area contributed by atoms with Crippen molar-refractivity contribution in [3.8, 4) is 0 Å². The Morgan fingerprint density at radius 2 is 2.46 bits per heavy atom. The minimum atomic E-state index is -0.797. The van der Waals surface area contributed by atoms with Gasteiger partial charge >= 0.3 is 6.09 Å². The van der Waals surface area contributed by atoms with Crippen molar-refractivity contribution in [3.63, 3.8) is 0 Å². The third-order valence-electron chi connectivity index (χ3n) is 2.78. The summed E-state index contributed by atoms with van der Waals surface area (Å²) in [6, 6.07) is 0. The number of carboxylic acid groups (broad SMARTS) is 1. The van der Waals surface area contributed by atoms with Crippen LogP contribution in [0, 0.1) is 5.92 Å². The average molecular weight is 179 g/mol. The number of nitrogens with zero attached hydrogens (tertiary/aromatic N) is 1. The summed E-state index contributed by atoms with van der Waals surface area (Å²) in [6.07, 6.45) is 7.50. The lowest BCUT2D eigenvalue weighted by Gasteiger charge is -2.33. The molecule has 1 aliphatic heterocycles. The SMILES string of the molecule is O=C(O)N1CCC2CC=CC=C2C1. The molecule has 3 heteroatoms. The Kier molecular flexibility index (Phi) is 2.08. The highest BCUT2D eigenvalue weighted by molar-refractivity contribution is 5.65. The maximum atomic E-state index is 10.7. The Hall–Kier alpha value is -1.25. The molecule has 0 radical (unpaired) electrons. The third-order valence-corrected chi connectivity index (χ3v) is 2.78. The largest absolute Gasteiger partial charge is 0.465 e. The maximum Gasteiger partial charge on any atom is 0.407 e. The standard InChI is InChI=1S/C10H13NO2/c12-10(13)11-6-5-8-3-1-2-4-9(8)7-11/h1-2,4,8H,3,5-7H2,(H,12,13). The predicted octanol–water partition coefficient (Wildman–Crippen LogP) is 1.87. The van der Waals surface area contributed by atoms with Gasteiger partial charge in [0.05, 0.1) is 0 Å². The number of hydrogen-bond donors (Lipinski definition) is 1. The maximum absolute atomic E-state index is 10.7. The Balaban J connectivity index is 2.09. The van der Waals surface area contributed by atoms with Crippen molar-refractivity contribution in [1.29, 1.82) is 0 Å². The molecule has 1 unspecified atom stereocenters. The fourth-order valence-electron chi connectivity index (χ4n) is 1.98. The first-order valence-electron chi connectivity index (χ1n) is 4.61. The van der Waals surface area contributed by atoms with Gasteiger partial charge in [0.2, 0.25) is 0 Å². The number of allylic oxidation sites excluding steroid dienone is 3. The van der Waals surface area contributed by atoms with Gasteiger partial charge in [0, 0.05) is 13.1 Å². The van der Waals surface area contributed by atoms with E-state index in [2.05, 4.69) is 12.2 Å². The molecule has 1 amide bonds. The minimum absolute atomic E-state index is 0.598. The van der Waals surface area contributed by atoms with Crippen LogP contribution >= 0.6 is 0 Å². The first kappa shape index (κ1) is 8.35. The summed E-state index contributed by atoms with van der Waals surface area (Å²) in [5.41, 5.74) is 1.27. The monoisotopic (exact) mass is 179 g/mol. The molecule has 0 spiro atoms. The van der Waals surface area contributed by atoms with Gasteiger partial charge in [0.25, 0.3) is 0 Å². The van der Waals surface area contributed by atoms with Crippen molar-refractivity contribution in [1.82, 2.24) is 4.90 Å². The molecule has 3 nitrogen and oxygen atoms in total. The van der Waals surface area contributed by atoms with Crippen LogP contribution in [0.5, 0.6) is 0 Å². The topological polar surface area (TPSA) is 40.5 Å². The van der Waals surface area contributed by atoms with E-state index >= 15 is 0 Å². The lowest BCUT2D eigenvalue weighted by atomic mass is 9.86. The number of fused-ring (bicyclic) bond motifs is 1. The smallest absolute Gasteiger partial charge is 0.407 e. The van der Waals surface area contributed by atoms with Gasteiger partial charge in [0.1, 0.15) is 0 Å². The molecule has 13 heavy (non-hydrogen) atoms.